The summed E-state index contributed by atoms with van der Waals surface area (Å²) in [5.41, 5.74) is 0. The van der Waals surface area contributed by atoms with Crippen LogP contribution in [0.1, 0.15) is 6.92 Å². The normalized spacial score (nSPS) is 23.2. The smallest absolute Gasteiger partial charge is 0.310 e. The van der Waals surface area contributed by atoms with Gasteiger partial charge >= 0.3 is 5.97 Å². The Hall–Kier alpha value is -0.990. The molecule has 0 bridgehead atoms. The summed E-state index contributed by atoms with van der Waals surface area (Å²) >= 11 is 3.08. The van der Waals surface area contributed by atoms with Crippen molar-refractivity contribution in [2.45, 2.75) is 11.8 Å². The van der Waals surface area contributed by atoms with E-state index in [1.54, 1.807) is 6.92 Å². The molecule has 0 aliphatic carbocycles. The molecule has 2 atom stereocenters. The summed E-state index contributed by atoms with van der Waals surface area (Å²) in [4.78, 5) is 11.2. The molecule has 116 valence electrons. The van der Waals surface area contributed by atoms with Crippen LogP contribution in [0, 0.1) is 17.7 Å². The van der Waals surface area contributed by atoms with Crippen molar-refractivity contribution in [3.63, 3.8) is 0 Å². The van der Waals surface area contributed by atoms with Gasteiger partial charge in [0.1, 0.15) is 10.7 Å². The van der Waals surface area contributed by atoms with Gasteiger partial charge in [-0.3, -0.25) is 4.79 Å². The monoisotopic (exact) mass is 379 g/mol. The lowest BCUT2D eigenvalue weighted by Crippen LogP contribution is -2.31. The predicted octanol–water partition coefficient (Wildman–Crippen LogP) is 2.02. The molecule has 0 amide bonds. The second-order valence-corrected chi connectivity index (χ2v) is 7.83. The summed E-state index contributed by atoms with van der Waals surface area (Å²) in [6.45, 7) is 1.94. The van der Waals surface area contributed by atoms with Gasteiger partial charge in [0.05, 0.1) is 13.0 Å². The maximum atomic E-state index is 13.9. The van der Waals surface area contributed by atoms with Crippen LogP contribution >= 0.6 is 15.9 Å². The number of ether oxygens (including phenoxy) is 1. The van der Waals surface area contributed by atoms with Crippen molar-refractivity contribution in [2.24, 2.45) is 11.8 Å². The molecule has 1 aromatic rings. The topological polar surface area (TPSA) is 63.7 Å². The number of nitrogens with zero attached hydrogens (tertiary/aromatic N) is 1. The van der Waals surface area contributed by atoms with E-state index in [4.69, 9.17) is 0 Å². The van der Waals surface area contributed by atoms with E-state index in [1.165, 1.54) is 19.2 Å². The van der Waals surface area contributed by atoms with Crippen LogP contribution in [0.15, 0.2) is 27.6 Å². The van der Waals surface area contributed by atoms with Gasteiger partial charge in [-0.1, -0.05) is 22.9 Å². The highest BCUT2D eigenvalue weighted by molar-refractivity contribution is 9.10. The lowest BCUT2D eigenvalue weighted by molar-refractivity contribution is -0.145. The number of sulfonamides is 1. The van der Waals surface area contributed by atoms with E-state index in [2.05, 4.69) is 20.7 Å². The number of carbonyl (C=O) groups excluding carboxylic acids is 1. The largest absolute Gasteiger partial charge is 0.469 e. The van der Waals surface area contributed by atoms with Crippen molar-refractivity contribution in [3.8, 4) is 0 Å². The quantitative estimate of drug-likeness (QED) is 0.753. The molecule has 2 unspecified atom stereocenters. The average Bonchev–Trinajstić information content (AvgIpc) is 2.80. The van der Waals surface area contributed by atoms with Gasteiger partial charge in [-0.05, 0) is 24.1 Å². The van der Waals surface area contributed by atoms with E-state index in [0.717, 1.165) is 10.4 Å². The van der Waals surface area contributed by atoms with Crippen molar-refractivity contribution < 1.29 is 22.3 Å². The summed E-state index contributed by atoms with van der Waals surface area (Å²) in [6.07, 6.45) is 0. The van der Waals surface area contributed by atoms with Gasteiger partial charge in [-0.25, -0.2) is 12.8 Å². The minimum atomic E-state index is -3.96. The molecule has 0 radical (unpaired) electrons. The van der Waals surface area contributed by atoms with Gasteiger partial charge in [0.2, 0.25) is 10.0 Å². The third kappa shape index (κ3) is 3.12. The number of hydrogen-bond acceptors (Lipinski definition) is 4. The first-order chi connectivity index (χ1) is 9.77. The van der Waals surface area contributed by atoms with Gasteiger partial charge in [-0.2, -0.15) is 4.31 Å². The SMILES string of the molecule is COC(=O)C1CN(S(=O)(=O)c2ccc(Br)cc2F)CC1C. The highest BCUT2D eigenvalue weighted by Crippen LogP contribution is 2.30. The van der Waals surface area contributed by atoms with Crippen molar-refractivity contribution in [3.05, 3.63) is 28.5 Å². The number of carbonyl (C=O) groups is 1. The first-order valence-corrected chi connectivity index (χ1v) is 8.53. The van der Waals surface area contributed by atoms with Crippen LogP contribution < -0.4 is 0 Å². The molecule has 21 heavy (non-hydrogen) atoms. The van der Waals surface area contributed by atoms with Crippen LogP contribution in [0.2, 0.25) is 0 Å². The molecule has 0 saturated carbocycles. The van der Waals surface area contributed by atoms with E-state index in [-0.39, 0.29) is 23.9 Å². The molecule has 8 heteroatoms. The Morgan fingerprint density at radius 2 is 2.10 bits per heavy atom. The second kappa shape index (κ2) is 6.02. The number of rotatable bonds is 3. The zero-order valence-corrected chi connectivity index (χ0v) is 13.9. The van der Waals surface area contributed by atoms with Crippen LogP contribution in [0.5, 0.6) is 0 Å². The van der Waals surface area contributed by atoms with Crippen molar-refractivity contribution in [1.29, 1.82) is 0 Å². The Balaban J connectivity index is 2.31. The third-order valence-electron chi connectivity index (χ3n) is 3.59. The molecule has 1 aromatic carbocycles. The summed E-state index contributed by atoms with van der Waals surface area (Å²) in [7, 11) is -2.70. The number of halogens is 2. The molecule has 1 aliphatic rings. The maximum absolute atomic E-state index is 13.9. The van der Waals surface area contributed by atoms with Gasteiger partial charge in [0, 0.05) is 17.6 Å². The fourth-order valence-corrected chi connectivity index (χ4v) is 4.35. The van der Waals surface area contributed by atoms with Gasteiger partial charge < -0.3 is 4.74 Å². The highest BCUT2D eigenvalue weighted by atomic mass is 79.9. The molecule has 1 aliphatic heterocycles. The zero-order valence-electron chi connectivity index (χ0n) is 11.5. The Labute approximate surface area is 131 Å². The van der Waals surface area contributed by atoms with Gasteiger partial charge in [0.25, 0.3) is 0 Å². The van der Waals surface area contributed by atoms with Crippen LogP contribution in [0.4, 0.5) is 4.39 Å². The van der Waals surface area contributed by atoms with Crippen LogP contribution in [0.25, 0.3) is 0 Å². The minimum Gasteiger partial charge on any atom is -0.469 e. The first-order valence-electron chi connectivity index (χ1n) is 6.30. The van der Waals surface area contributed by atoms with E-state index in [1.807, 2.05) is 0 Å². The molecule has 5 nitrogen and oxygen atoms in total. The van der Waals surface area contributed by atoms with Gasteiger partial charge in [0.15, 0.2) is 0 Å². The molecular formula is C13H15BrFNO4S. The van der Waals surface area contributed by atoms with Crippen molar-refractivity contribution >= 4 is 31.9 Å². The molecule has 2 rings (SSSR count). The summed E-state index contributed by atoms with van der Waals surface area (Å²) in [6, 6.07) is 3.78. The van der Waals surface area contributed by atoms with Crippen LogP contribution in [-0.4, -0.2) is 38.9 Å². The lowest BCUT2D eigenvalue weighted by atomic mass is 9.99. The van der Waals surface area contributed by atoms with E-state index in [0.29, 0.717) is 4.47 Å². The first kappa shape index (κ1) is 16.4. The summed E-state index contributed by atoms with van der Waals surface area (Å²) < 4.78 is 45.1. The Morgan fingerprint density at radius 3 is 2.67 bits per heavy atom. The molecule has 1 heterocycles. The van der Waals surface area contributed by atoms with Crippen LogP contribution in [0.3, 0.4) is 0 Å². The highest BCUT2D eigenvalue weighted by Gasteiger charge is 2.41. The van der Waals surface area contributed by atoms with E-state index >= 15 is 0 Å². The lowest BCUT2D eigenvalue weighted by Gasteiger charge is -2.16. The third-order valence-corrected chi connectivity index (χ3v) is 5.95. The van der Waals surface area contributed by atoms with E-state index in [9.17, 15) is 17.6 Å². The molecule has 1 fully saturated rings. The van der Waals surface area contributed by atoms with Crippen molar-refractivity contribution in [2.75, 3.05) is 20.2 Å². The number of methoxy groups -OCH3 is 1. The fourth-order valence-electron chi connectivity index (χ4n) is 2.40. The average molecular weight is 380 g/mol. The molecule has 1 saturated heterocycles. The Bertz CT molecular complexity index is 664. The summed E-state index contributed by atoms with van der Waals surface area (Å²) in [5.74, 6) is -1.97. The molecule has 0 N–H and O–H groups in total. The molecule has 0 aromatic heterocycles. The Morgan fingerprint density at radius 1 is 1.43 bits per heavy atom. The minimum absolute atomic E-state index is 0.00563. The standard InChI is InChI=1S/C13H15BrFNO4S/c1-8-6-16(7-10(8)13(17)20-2)21(18,19)12-4-3-9(14)5-11(12)15/h3-5,8,10H,6-7H2,1-2H3. The zero-order chi connectivity index (χ0) is 15.8. The van der Waals surface area contributed by atoms with E-state index < -0.39 is 27.7 Å². The Kier molecular flexibility index (Phi) is 4.69. The number of hydrogen-bond donors (Lipinski definition) is 0. The van der Waals surface area contributed by atoms with Crippen molar-refractivity contribution in [1.82, 2.24) is 4.31 Å². The fraction of sp³-hybridized carbons (Fsp3) is 0.462. The molecule has 0 spiro atoms. The van der Waals surface area contributed by atoms with Crippen LogP contribution in [-0.2, 0) is 19.6 Å². The maximum Gasteiger partial charge on any atom is 0.310 e. The predicted molar refractivity (Wildman–Crippen MR) is 77.5 cm³/mol. The number of benzene rings is 1. The second-order valence-electron chi connectivity index (χ2n) is 5.00. The number of esters is 1. The van der Waals surface area contributed by atoms with Gasteiger partial charge in [-0.15, -0.1) is 0 Å². The molecular weight excluding hydrogens is 365 g/mol. The summed E-state index contributed by atoms with van der Waals surface area (Å²) in [5, 5.41) is 0.